The molecule has 0 bridgehead atoms. The zero-order chi connectivity index (χ0) is 19.2. The van der Waals surface area contributed by atoms with E-state index in [9.17, 15) is 18.3 Å². The van der Waals surface area contributed by atoms with Gasteiger partial charge in [-0.3, -0.25) is 4.79 Å². The highest BCUT2D eigenvalue weighted by atomic mass is 32.2. The van der Waals surface area contributed by atoms with Crippen molar-refractivity contribution in [1.29, 1.82) is 0 Å². The van der Waals surface area contributed by atoms with Crippen LogP contribution in [0.1, 0.15) is 37.0 Å². The summed E-state index contributed by atoms with van der Waals surface area (Å²) in [5.41, 5.74) is 0.682. The molecule has 144 valence electrons. The second kappa shape index (κ2) is 6.70. The number of aliphatic hydroxyl groups is 1. The Hall–Kier alpha value is -2.30. The van der Waals surface area contributed by atoms with E-state index in [4.69, 9.17) is 4.52 Å². The van der Waals surface area contributed by atoms with Crippen LogP contribution < -0.4 is 4.90 Å². The van der Waals surface area contributed by atoms with Crippen molar-refractivity contribution < 1.29 is 22.8 Å². The Morgan fingerprint density at radius 1 is 1.26 bits per heavy atom. The molecule has 0 saturated carbocycles. The van der Waals surface area contributed by atoms with Gasteiger partial charge < -0.3 is 14.5 Å². The number of aryl methyl sites for hydroxylation is 1. The number of hydrogen-bond acceptors (Lipinski definition) is 7. The van der Waals surface area contributed by atoms with E-state index in [0.29, 0.717) is 24.5 Å². The molecule has 2 atom stereocenters. The van der Waals surface area contributed by atoms with Gasteiger partial charge in [-0.1, -0.05) is 5.16 Å². The molecule has 1 N–H and O–H groups in total. The molecule has 4 rings (SSSR count). The molecule has 2 saturated heterocycles. The van der Waals surface area contributed by atoms with E-state index in [0.717, 1.165) is 6.42 Å². The van der Waals surface area contributed by atoms with Crippen molar-refractivity contribution in [2.24, 2.45) is 0 Å². The number of nitrogens with zero attached hydrogens (tertiary/aromatic N) is 4. The van der Waals surface area contributed by atoms with Crippen LogP contribution in [0.5, 0.6) is 0 Å². The molecule has 1 aromatic heterocycles. The lowest BCUT2D eigenvalue weighted by molar-refractivity contribution is -0.117. The maximum atomic E-state index is 13.1. The molecule has 9 nitrogen and oxygen atoms in total. The standard InChI is InChI=1S/C17H20N4O5S/c1-11-18-17(26-19-11)15-9-13(22)10-21(15)27(24,25)14-6-4-12(5-7-14)20-8-2-3-16(20)23/h4-7,13,15,22H,2-3,8-10H2,1H3/t13-,15+/m0/s1. The first kappa shape index (κ1) is 18.1. The van der Waals surface area contributed by atoms with Crippen LogP contribution in [0.25, 0.3) is 0 Å². The van der Waals surface area contributed by atoms with Crippen molar-refractivity contribution >= 4 is 21.6 Å². The summed E-state index contributed by atoms with van der Waals surface area (Å²) in [5, 5.41) is 13.7. The third-order valence-electron chi connectivity index (χ3n) is 4.89. The molecule has 2 aliphatic rings. The first-order valence-electron chi connectivity index (χ1n) is 8.77. The lowest BCUT2D eigenvalue weighted by atomic mass is 10.2. The molecule has 0 unspecified atom stereocenters. The zero-order valence-electron chi connectivity index (χ0n) is 14.8. The Balaban J connectivity index is 1.62. The Morgan fingerprint density at radius 3 is 2.59 bits per heavy atom. The van der Waals surface area contributed by atoms with Crippen LogP contribution in [0.2, 0.25) is 0 Å². The number of benzene rings is 1. The molecule has 10 heteroatoms. The molecule has 3 heterocycles. The minimum atomic E-state index is -3.87. The van der Waals surface area contributed by atoms with Gasteiger partial charge in [0.1, 0.15) is 6.04 Å². The molecule has 27 heavy (non-hydrogen) atoms. The van der Waals surface area contributed by atoms with Crippen LogP contribution in [-0.4, -0.2) is 53.1 Å². The highest BCUT2D eigenvalue weighted by Crippen LogP contribution is 2.36. The molecule has 2 aliphatic heterocycles. The normalized spacial score (nSPS) is 24.1. The van der Waals surface area contributed by atoms with E-state index in [2.05, 4.69) is 10.1 Å². The molecule has 0 spiro atoms. The fourth-order valence-electron chi connectivity index (χ4n) is 3.58. The van der Waals surface area contributed by atoms with Gasteiger partial charge >= 0.3 is 0 Å². The lowest BCUT2D eigenvalue weighted by Gasteiger charge is -2.22. The quantitative estimate of drug-likeness (QED) is 0.825. The Bertz CT molecular complexity index is 956. The van der Waals surface area contributed by atoms with Crippen molar-refractivity contribution in [1.82, 2.24) is 14.4 Å². The molecule has 2 aromatic rings. The number of sulfonamides is 1. The number of carbonyl (C=O) groups excluding carboxylic acids is 1. The van der Waals surface area contributed by atoms with Gasteiger partial charge in [-0.2, -0.15) is 9.29 Å². The van der Waals surface area contributed by atoms with Gasteiger partial charge in [0.25, 0.3) is 0 Å². The molecule has 1 amide bonds. The second-order valence-electron chi connectivity index (χ2n) is 6.80. The van der Waals surface area contributed by atoms with Crippen molar-refractivity contribution in [2.45, 2.75) is 43.2 Å². The van der Waals surface area contributed by atoms with Crippen LogP contribution in [0.3, 0.4) is 0 Å². The fourth-order valence-corrected chi connectivity index (χ4v) is 5.21. The summed E-state index contributed by atoms with van der Waals surface area (Å²) in [6.45, 7) is 2.25. The number of hydrogen-bond donors (Lipinski definition) is 1. The SMILES string of the molecule is Cc1noc([C@H]2C[C@H](O)CN2S(=O)(=O)c2ccc(N3CCCC3=O)cc2)n1. The average Bonchev–Trinajstić information content (AvgIpc) is 3.35. The fraction of sp³-hybridized carbons (Fsp3) is 0.471. The van der Waals surface area contributed by atoms with Gasteiger partial charge in [0.05, 0.1) is 11.0 Å². The van der Waals surface area contributed by atoms with E-state index in [1.165, 1.54) is 16.4 Å². The highest BCUT2D eigenvalue weighted by Gasteiger charge is 2.43. The Kier molecular flexibility index (Phi) is 4.49. The summed E-state index contributed by atoms with van der Waals surface area (Å²) in [6, 6.07) is 5.53. The monoisotopic (exact) mass is 392 g/mol. The van der Waals surface area contributed by atoms with Crippen LogP contribution in [0.15, 0.2) is 33.7 Å². The highest BCUT2D eigenvalue weighted by molar-refractivity contribution is 7.89. The summed E-state index contributed by atoms with van der Waals surface area (Å²) in [6.07, 6.45) is 0.701. The predicted octanol–water partition coefficient (Wildman–Crippen LogP) is 1.00. The number of aromatic nitrogens is 2. The van der Waals surface area contributed by atoms with Crippen LogP contribution in [0, 0.1) is 6.92 Å². The number of rotatable bonds is 4. The summed E-state index contributed by atoms with van der Waals surface area (Å²) in [5.74, 6) is 0.621. The molecule has 0 aliphatic carbocycles. The van der Waals surface area contributed by atoms with Crippen molar-refractivity contribution in [3.05, 3.63) is 36.0 Å². The number of carbonyl (C=O) groups is 1. The molecule has 1 aromatic carbocycles. The summed E-state index contributed by atoms with van der Waals surface area (Å²) in [7, 11) is -3.87. The van der Waals surface area contributed by atoms with Crippen molar-refractivity contribution in [3.8, 4) is 0 Å². The third kappa shape index (κ3) is 3.24. The molecule has 0 radical (unpaired) electrons. The lowest BCUT2D eigenvalue weighted by Crippen LogP contribution is -2.32. The van der Waals surface area contributed by atoms with E-state index in [1.807, 2.05) is 0 Å². The molecule has 2 fully saturated rings. The number of β-amino-alcohol motifs (C(OH)–C–C–N with tert-alkyl or cyclic N) is 1. The van der Waals surface area contributed by atoms with Gasteiger partial charge in [0.15, 0.2) is 5.82 Å². The largest absolute Gasteiger partial charge is 0.392 e. The van der Waals surface area contributed by atoms with Crippen LogP contribution in [0.4, 0.5) is 5.69 Å². The van der Waals surface area contributed by atoms with Gasteiger partial charge in [-0.05, 0) is 37.6 Å². The van der Waals surface area contributed by atoms with Crippen LogP contribution in [-0.2, 0) is 14.8 Å². The number of amides is 1. The summed E-state index contributed by atoms with van der Waals surface area (Å²) in [4.78, 5) is 17.7. The smallest absolute Gasteiger partial charge is 0.245 e. The van der Waals surface area contributed by atoms with Crippen molar-refractivity contribution in [2.75, 3.05) is 18.0 Å². The Labute approximate surface area is 156 Å². The van der Waals surface area contributed by atoms with E-state index < -0.39 is 22.2 Å². The minimum Gasteiger partial charge on any atom is -0.392 e. The molecular formula is C17H20N4O5S. The number of aliphatic hydroxyl groups excluding tert-OH is 1. The second-order valence-corrected chi connectivity index (χ2v) is 8.69. The third-order valence-corrected chi connectivity index (χ3v) is 6.78. The maximum absolute atomic E-state index is 13.1. The van der Waals surface area contributed by atoms with E-state index in [-0.39, 0.29) is 29.7 Å². The topological polar surface area (TPSA) is 117 Å². The molecular weight excluding hydrogens is 372 g/mol. The van der Waals surface area contributed by atoms with E-state index in [1.54, 1.807) is 24.0 Å². The maximum Gasteiger partial charge on any atom is 0.245 e. The Morgan fingerprint density at radius 2 is 2.00 bits per heavy atom. The predicted molar refractivity (Wildman–Crippen MR) is 94.3 cm³/mol. The first-order valence-corrected chi connectivity index (χ1v) is 10.2. The minimum absolute atomic E-state index is 0.0409. The number of anilines is 1. The average molecular weight is 392 g/mol. The first-order chi connectivity index (χ1) is 12.9. The van der Waals surface area contributed by atoms with Gasteiger partial charge in [0, 0.05) is 31.6 Å². The van der Waals surface area contributed by atoms with Gasteiger partial charge in [-0.25, -0.2) is 8.42 Å². The van der Waals surface area contributed by atoms with Crippen molar-refractivity contribution in [3.63, 3.8) is 0 Å². The van der Waals surface area contributed by atoms with Gasteiger partial charge in [-0.15, -0.1) is 0 Å². The zero-order valence-corrected chi connectivity index (χ0v) is 15.6. The van der Waals surface area contributed by atoms with Crippen LogP contribution >= 0.6 is 0 Å². The van der Waals surface area contributed by atoms with Gasteiger partial charge in [0.2, 0.25) is 21.8 Å². The summed E-state index contributed by atoms with van der Waals surface area (Å²) >= 11 is 0. The van der Waals surface area contributed by atoms with E-state index >= 15 is 0 Å². The summed E-state index contributed by atoms with van der Waals surface area (Å²) < 4.78 is 32.6.